The molecule has 3 aliphatic heterocycles. The van der Waals surface area contributed by atoms with E-state index < -0.39 is 0 Å². The van der Waals surface area contributed by atoms with E-state index in [1.807, 2.05) is 25.1 Å². The molecule has 1 aromatic rings. The van der Waals surface area contributed by atoms with Crippen molar-refractivity contribution in [1.82, 2.24) is 10.2 Å². The Hall–Kier alpha value is -1.46. The summed E-state index contributed by atoms with van der Waals surface area (Å²) in [7, 11) is 0. The number of benzene rings is 1. The van der Waals surface area contributed by atoms with E-state index in [1.165, 1.54) is 6.42 Å². The third kappa shape index (κ3) is 3.79. The fourth-order valence-electron chi connectivity index (χ4n) is 4.47. The average Bonchev–Trinajstić information content (AvgIpc) is 3.09. The molecule has 5 nitrogen and oxygen atoms in total. The number of fused-ring (bicyclic) bond motifs is 1. The van der Waals surface area contributed by atoms with Gasteiger partial charge in [-0.2, -0.15) is 0 Å². The number of likely N-dealkylation sites (tertiary alicyclic amines) is 1. The first kappa shape index (κ1) is 19.3. The highest BCUT2D eigenvalue weighted by Gasteiger charge is 2.39. The van der Waals surface area contributed by atoms with Crippen LogP contribution in [-0.2, 0) is 11.2 Å². The number of hydrogen-bond acceptors (Lipinski definition) is 4. The summed E-state index contributed by atoms with van der Waals surface area (Å²) in [6.45, 7) is 7.14. The van der Waals surface area contributed by atoms with Gasteiger partial charge in [0.2, 0.25) is 5.91 Å². The molecule has 0 bridgehead atoms. The summed E-state index contributed by atoms with van der Waals surface area (Å²) < 4.78 is 11.4. The number of carbonyl (C=O) groups is 1. The van der Waals surface area contributed by atoms with Crippen molar-refractivity contribution < 1.29 is 14.3 Å². The Morgan fingerprint density at radius 3 is 2.85 bits per heavy atom. The molecular formula is C20H29ClN2O3. The van der Waals surface area contributed by atoms with Crippen LogP contribution in [0.1, 0.15) is 31.7 Å². The lowest BCUT2D eigenvalue weighted by atomic mass is 9.77. The lowest BCUT2D eigenvalue weighted by Gasteiger charge is -2.40. The highest BCUT2D eigenvalue weighted by Crippen LogP contribution is 2.38. The SMILES string of the molecule is CCOc1ccc2c(c1)CC(C(=O)N1CCC3(CCNC3)CC1)CO2.Cl. The largest absolute Gasteiger partial charge is 0.494 e. The fraction of sp³-hybridized carbons (Fsp3) is 0.650. The maximum Gasteiger partial charge on any atom is 0.229 e. The molecule has 0 aliphatic carbocycles. The van der Waals surface area contributed by atoms with Crippen molar-refractivity contribution >= 4 is 18.3 Å². The first-order valence-electron chi connectivity index (χ1n) is 9.57. The smallest absolute Gasteiger partial charge is 0.229 e. The minimum Gasteiger partial charge on any atom is -0.494 e. The number of carbonyl (C=O) groups excluding carboxylic acids is 1. The molecule has 26 heavy (non-hydrogen) atoms. The first-order valence-corrected chi connectivity index (χ1v) is 9.57. The molecule has 0 radical (unpaired) electrons. The zero-order valence-corrected chi connectivity index (χ0v) is 16.3. The number of amides is 1. The molecular weight excluding hydrogens is 352 g/mol. The zero-order chi connectivity index (χ0) is 17.3. The van der Waals surface area contributed by atoms with Gasteiger partial charge < -0.3 is 19.7 Å². The van der Waals surface area contributed by atoms with Gasteiger partial charge in [-0.3, -0.25) is 4.79 Å². The second kappa shape index (κ2) is 8.05. The number of nitrogens with zero attached hydrogens (tertiary/aromatic N) is 1. The standard InChI is InChI=1S/C20H28N2O3.ClH/c1-2-24-17-3-4-18-15(12-17)11-16(13-25-18)19(23)22-9-6-20(7-10-22)5-8-21-14-20;/h3-4,12,16,21H,2,5-11,13-14H2,1H3;1H. The van der Waals surface area contributed by atoms with Crippen LogP contribution in [0.25, 0.3) is 0 Å². The summed E-state index contributed by atoms with van der Waals surface area (Å²) in [5, 5.41) is 3.48. The Balaban J connectivity index is 0.00000196. The van der Waals surface area contributed by atoms with Crippen LogP contribution in [-0.4, -0.2) is 50.2 Å². The molecule has 4 rings (SSSR count). The van der Waals surface area contributed by atoms with Crippen LogP contribution in [0, 0.1) is 11.3 Å². The van der Waals surface area contributed by atoms with E-state index >= 15 is 0 Å². The highest BCUT2D eigenvalue weighted by atomic mass is 35.5. The van der Waals surface area contributed by atoms with Crippen LogP contribution in [0.5, 0.6) is 11.5 Å². The molecule has 1 N–H and O–H groups in total. The summed E-state index contributed by atoms with van der Waals surface area (Å²) in [5.41, 5.74) is 1.53. The Kier molecular flexibility index (Phi) is 5.98. The lowest BCUT2D eigenvalue weighted by molar-refractivity contribution is -0.139. The molecule has 144 valence electrons. The van der Waals surface area contributed by atoms with Crippen molar-refractivity contribution in [2.24, 2.45) is 11.3 Å². The topological polar surface area (TPSA) is 50.8 Å². The quantitative estimate of drug-likeness (QED) is 0.875. The van der Waals surface area contributed by atoms with Crippen molar-refractivity contribution in [2.45, 2.75) is 32.6 Å². The van der Waals surface area contributed by atoms with Crippen LogP contribution in [0.4, 0.5) is 0 Å². The average molecular weight is 381 g/mol. The van der Waals surface area contributed by atoms with Crippen LogP contribution in [0.3, 0.4) is 0 Å². The summed E-state index contributed by atoms with van der Waals surface area (Å²) >= 11 is 0. The highest BCUT2D eigenvalue weighted by molar-refractivity contribution is 5.85. The number of nitrogens with one attached hydrogen (secondary N) is 1. The minimum atomic E-state index is -0.0693. The molecule has 1 spiro atoms. The third-order valence-electron chi connectivity index (χ3n) is 6.07. The lowest BCUT2D eigenvalue weighted by Crippen LogP contribution is -2.48. The number of halogens is 1. The van der Waals surface area contributed by atoms with E-state index in [9.17, 15) is 4.79 Å². The van der Waals surface area contributed by atoms with Crippen molar-refractivity contribution in [3.05, 3.63) is 23.8 Å². The molecule has 2 fully saturated rings. The molecule has 0 aromatic heterocycles. The molecule has 3 aliphatic rings. The summed E-state index contributed by atoms with van der Waals surface area (Å²) in [6.07, 6.45) is 4.27. The molecule has 0 saturated carbocycles. The van der Waals surface area contributed by atoms with Gasteiger partial charge in [0.1, 0.15) is 18.1 Å². The fourth-order valence-corrected chi connectivity index (χ4v) is 4.47. The number of piperidine rings is 1. The summed E-state index contributed by atoms with van der Waals surface area (Å²) in [5.74, 6) is 1.93. The maximum atomic E-state index is 13.0. The second-order valence-electron chi connectivity index (χ2n) is 7.67. The van der Waals surface area contributed by atoms with Gasteiger partial charge in [0.05, 0.1) is 12.5 Å². The monoisotopic (exact) mass is 380 g/mol. The molecule has 1 unspecified atom stereocenters. The van der Waals surface area contributed by atoms with Gasteiger partial charge in [0.15, 0.2) is 0 Å². The summed E-state index contributed by atoms with van der Waals surface area (Å²) in [6, 6.07) is 5.91. The maximum absolute atomic E-state index is 13.0. The van der Waals surface area contributed by atoms with Crippen LogP contribution in [0.2, 0.25) is 0 Å². The van der Waals surface area contributed by atoms with E-state index in [2.05, 4.69) is 10.2 Å². The van der Waals surface area contributed by atoms with Gasteiger partial charge >= 0.3 is 0 Å². The molecule has 1 atom stereocenters. The normalized spacial score (nSPS) is 23.7. The molecule has 1 amide bonds. The van der Waals surface area contributed by atoms with Gasteiger partial charge in [-0.25, -0.2) is 0 Å². The Bertz CT molecular complexity index is 636. The van der Waals surface area contributed by atoms with Crippen molar-refractivity contribution in [1.29, 1.82) is 0 Å². The Morgan fingerprint density at radius 1 is 1.35 bits per heavy atom. The van der Waals surface area contributed by atoms with E-state index in [0.29, 0.717) is 18.6 Å². The molecule has 1 aromatic carbocycles. The van der Waals surface area contributed by atoms with Gasteiger partial charge in [-0.1, -0.05) is 0 Å². The van der Waals surface area contributed by atoms with Crippen molar-refractivity contribution in [3.8, 4) is 11.5 Å². The van der Waals surface area contributed by atoms with E-state index in [1.54, 1.807) is 0 Å². The Morgan fingerprint density at radius 2 is 2.15 bits per heavy atom. The van der Waals surface area contributed by atoms with Gasteiger partial charge in [-0.05, 0) is 68.3 Å². The van der Waals surface area contributed by atoms with E-state index in [-0.39, 0.29) is 24.2 Å². The van der Waals surface area contributed by atoms with Gasteiger partial charge in [0.25, 0.3) is 0 Å². The predicted molar refractivity (Wildman–Crippen MR) is 103 cm³/mol. The first-order chi connectivity index (χ1) is 12.2. The number of hydrogen-bond donors (Lipinski definition) is 1. The summed E-state index contributed by atoms with van der Waals surface area (Å²) in [4.78, 5) is 15.0. The number of rotatable bonds is 3. The van der Waals surface area contributed by atoms with Crippen LogP contribution in [0.15, 0.2) is 18.2 Å². The van der Waals surface area contributed by atoms with E-state index in [0.717, 1.165) is 62.5 Å². The second-order valence-corrected chi connectivity index (χ2v) is 7.67. The van der Waals surface area contributed by atoms with Crippen LogP contribution < -0.4 is 14.8 Å². The van der Waals surface area contributed by atoms with Crippen molar-refractivity contribution in [2.75, 3.05) is 39.4 Å². The molecule has 6 heteroatoms. The number of ether oxygens (including phenoxy) is 2. The Labute approximate surface area is 161 Å². The van der Waals surface area contributed by atoms with Gasteiger partial charge in [-0.15, -0.1) is 12.4 Å². The third-order valence-corrected chi connectivity index (χ3v) is 6.07. The van der Waals surface area contributed by atoms with Crippen LogP contribution >= 0.6 is 12.4 Å². The zero-order valence-electron chi connectivity index (χ0n) is 15.5. The predicted octanol–water partition coefficient (Wildman–Crippen LogP) is 2.66. The molecule has 2 saturated heterocycles. The van der Waals surface area contributed by atoms with Gasteiger partial charge in [0, 0.05) is 19.6 Å². The van der Waals surface area contributed by atoms with Crippen molar-refractivity contribution in [3.63, 3.8) is 0 Å². The minimum absolute atomic E-state index is 0. The van der Waals surface area contributed by atoms with E-state index in [4.69, 9.17) is 9.47 Å². The molecule has 3 heterocycles.